The molecule has 1 aliphatic heterocycles. The molecule has 0 aromatic heterocycles. The summed E-state index contributed by atoms with van der Waals surface area (Å²) in [7, 11) is 0. The second-order valence-electron chi connectivity index (χ2n) is 8.33. The number of benzene rings is 3. The van der Waals surface area contributed by atoms with Gasteiger partial charge in [-0.3, -0.25) is 14.5 Å². The molecule has 6 nitrogen and oxygen atoms in total. The van der Waals surface area contributed by atoms with Crippen molar-refractivity contribution >= 4 is 17.4 Å². The molecule has 176 valence electrons. The lowest BCUT2D eigenvalue weighted by Gasteiger charge is -2.27. The van der Waals surface area contributed by atoms with Crippen LogP contribution in [-0.4, -0.2) is 23.4 Å². The summed E-state index contributed by atoms with van der Waals surface area (Å²) in [5.74, 6) is -0.861. The number of nitrogens with zero attached hydrogens (tertiary/aromatic N) is 2. The molecule has 3 aromatic rings. The van der Waals surface area contributed by atoms with E-state index in [1.54, 1.807) is 30.3 Å². The van der Waals surface area contributed by atoms with E-state index in [1.165, 1.54) is 4.90 Å². The Morgan fingerprint density at radius 3 is 2.49 bits per heavy atom. The molecule has 1 atom stereocenters. The molecular weight excluding hydrogens is 440 g/mol. The highest BCUT2D eigenvalue weighted by atomic mass is 16.5. The van der Waals surface area contributed by atoms with Gasteiger partial charge in [0.25, 0.3) is 5.91 Å². The fourth-order valence-corrected chi connectivity index (χ4v) is 4.20. The number of carbonyl (C=O) groups is 2. The Balaban J connectivity index is 1.73. The van der Waals surface area contributed by atoms with Crippen molar-refractivity contribution in [3.05, 3.63) is 107 Å². The van der Waals surface area contributed by atoms with Crippen LogP contribution in [0.4, 0.5) is 5.69 Å². The van der Waals surface area contributed by atoms with E-state index in [0.29, 0.717) is 35.6 Å². The Labute approximate surface area is 204 Å². The highest BCUT2D eigenvalue weighted by molar-refractivity contribution is 6.16. The van der Waals surface area contributed by atoms with Crippen LogP contribution in [0, 0.1) is 11.3 Å². The molecule has 0 fully saturated rings. The molecule has 0 saturated carbocycles. The number of carbonyl (C=O) groups excluding carboxylic acids is 2. The predicted molar refractivity (Wildman–Crippen MR) is 133 cm³/mol. The third-order valence-corrected chi connectivity index (χ3v) is 5.91. The average Bonchev–Trinajstić information content (AvgIpc) is 3.17. The van der Waals surface area contributed by atoms with Crippen LogP contribution >= 0.6 is 0 Å². The molecule has 3 aromatic carbocycles. The third kappa shape index (κ3) is 5.10. The highest BCUT2D eigenvalue weighted by Gasteiger charge is 2.44. The standard InChI is InChI=1S/C29H26N2O4/c1-2-17-35-24-10-6-9-22(18-24)27-26(25(32)16-13-20-7-4-3-5-8-20)28(33)29(34)31(27)23-14-11-21(19-30)12-15-23/h3-12,14-15,18,27,33H,2,13,16-17H2,1H3. The molecule has 0 aliphatic carbocycles. The van der Waals surface area contributed by atoms with Gasteiger partial charge in [0.15, 0.2) is 11.5 Å². The fraction of sp³-hybridized carbons (Fsp3) is 0.207. The molecule has 0 radical (unpaired) electrons. The lowest BCUT2D eigenvalue weighted by Crippen LogP contribution is -2.31. The zero-order valence-electron chi connectivity index (χ0n) is 19.5. The lowest BCUT2D eigenvalue weighted by molar-refractivity contribution is -0.118. The van der Waals surface area contributed by atoms with Gasteiger partial charge in [0.05, 0.1) is 29.9 Å². The van der Waals surface area contributed by atoms with Gasteiger partial charge in [0.1, 0.15) is 5.75 Å². The molecule has 1 unspecified atom stereocenters. The van der Waals surface area contributed by atoms with Gasteiger partial charge < -0.3 is 9.84 Å². The van der Waals surface area contributed by atoms with Crippen molar-refractivity contribution in [1.29, 1.82) is 5.26 Å². The van der Waals surface area contributed by atoms with E-state index in [0.717, 1.165) is 12.0 Å². The van der Waals surface area contributed by atoms with Crippen molar-refractivity contribution in [3.8, 4) is 11.8 Å². The predicted octanol–water partition coefficient (Wildman–Crippen LogP) is 5.45. The number of aliphatic hydroxyl groups excluding tert-OH is 1. The quantitative estimate of drug-likeness (QED) is 0.453. The van der Waals surface area contributed by atoms with Crippen LogP contribution in [0.1, 0.15) is 42.5 Å². The summed E-state index contributed by atoms with van der Waals surface area (Å²) in [4.78, 5) is 28.1. The van der Waals surface area contributed by atoms with Crippen molar-refractivity contribution in [2.24, 2.45) is 0 Å². The fourth-order valence-electron chi connectivity index (χ4n) is 4.20. The monoisotopic (exact) mass is 466 g/mol. The number of ketones is 1. The zero-order chi connectivity index (χ0) is 24.8. The number of hydrogen-bond donors (Lipinski definition) is 1. The molecule has 1 N–H and O–H groups in total. The van der Waals surface area contributed by atoms with Gasteiger partial charge in [0.2, 0.25) is 0 Å². The van der Waals surface area contributed by atoms with E-state index in [4.69, 9.17) is 10.00 Å². The molecule has 1 aliphatic rings. The Morgan fingerprint density at radius 1 is 1.06 bits per heavy atom. The Hall–Kier alpha value is -4.37. The molecule has 0 bridgehead atoms. The van der Waals surface area contributed by atoms with E-state index in [-0.39, 0.29) is 17.8 Å². The summed E-state index contributed by atoms with van der Waals surface area (Å²) in [6, 6.07) is 24.6. The van der Waals surface area contributed by atoms with Crippen molar-refractivity contribution in [2.45, 2.75) is 32.2 Å². The number of amides is 1. The van der Waals surface area contributed by atoms with E-state index in [2.05, 4.69) is 6.07 Å². The third-order valence-electron chi connectivity index (χ3n) is 5.91. The Kier molecular flexibility index (Phi) is 7.27. The van der Waals surface area contributed by atoms with Crippen LogP contribution in [0.25, 0.3) is 0 Å². The number of Topliss-reactive ketones (excluding diaryl/α,β-unsaturated/α-hetero) is 1. The Morgan fingerprint density at radius 2 is 1.80 bits per heavy atom. The first kappa shape index (κ1) is 23.8. The van der Waals surface area contributed by atoms with Gasteiger partial charge >= 0.3 is 0 Å². The molecule has 0 spiro atoms. The van der Waals surface area contributed by atoms with Crippen LogP contribution in [-0.2, 0) is 16.0 Å². The minimum absolute atomic E-state index is 0.0722. The van der Waals surface area contributed by atoms with Crippen molar-refractivity contribution < 1.29 is 19.4 Å². The van der Waals surface area contributed by atoms with Crippen LogP contribution in [0.2, 0.25) is 0 Å². The van der Waals surface area contributed by atoms with Crippen molar-refractivity contribution in [3.63, 3.8) is 0 Å². The molecular formula is C29H26N2O4. The molecule has 1 amide bonds. The average molecular weight is 467 g/mol. The largest absolute Gasteiger partial charge is 0.503 e. The molecule has 6 heteroatoms. The number of ether oxygens (including phenoxy) is 1. The normalized spacial score (nSPS) is 15.3. The van der Waals surface area contributed by atoms with Crippen LogP contribution in [0.3, 0.4) is 0 Å². The first-order valence-electron chi connectivity index (χ1n) is 11.6. The van der Waals surface area contributed by atoms with Gasteiger partial charge in [-0.25, -0.2) is 0 Å². The van der Waals surface area contributed by atoms with Crippen molar-refractivity contribution in [1.82, 2.24) is 0 Å². The molecule has 4 rings (SSSR count). The topological polar surface area (TPSA) is 90.6 Å². The van der Waals surface area contributed by atoms with Gasteiger partial charge in [-0.1, -0.05) is 49.4 Å². The SMILES string of the molecule is CCCOc1cccc(C2C(C(=O)CCc3ccccc3)=C(O)C(=O)N2c2ccc(C#N)cc2)c1. The number of aryl methyl sites for hydroxylation is 1. The number of nitriles is 1. The van der Waals surface area contributed by atoms with E-state index < -0.39 is 17.7 Å². The molecule has 35 heavy (non-hydrogen) atoms. The number of anilines is 1. The lowest BCUT2D eigenvalue weighted by atomic mass is 9.93. The van der Waals surface area contributed by atoms with Crippen molar-refractivity contribution in [2.75, 3.05) is 11.5 Å². The Bertz CT molecular complexity index is 1290. The number of hydrogen-bond acceptors (Lipinski definition) is 5. The summed E-state index contributed by atoms with van der Waals surface area (Å²) in [6.07, 6.45) is 1.49. The highest BCUT2D eigenvalue weighted by Crippen LogP contribution is 2.42. The minimum Gasteiger partial charge on any atom is -0.503 e. The van der Waals surface area contributed by atoms with Gasteiger partial charge in [-0.15, -0.1) is 0 Å². The first-order valence-corrected chi connectivity index (χ1v) is 11.6. The second-order valence-corrected chi connectivity index (χ2v) is 8.33. The van der Waals surface area contributed by atoms with E-state index in [9.17, 15) is 14.7 Å². The van der Waals surface area contributed by atoms with Crippen LogP contribution in [0.15, 0.2) is 90.2 Å². The number of aliphatic hydroxyl groups is 1. The summed E-state index contributed by atoms with van der Waals surface area (Å²) >= 11 is 0. The van der Waals surface area contributed by atoms with Gasteiger partial charge in [-0.05, 0) is 60.4 Å². The maximum Gasteiger partial charge on any atom is 0.294 e. The van der Waals surface area contributed by atoms with Gasteiger partial charge in [-0.2, -0.15) is 5.26 Å². The smallest absolute Gasteiger partial charge is 0.294 e. The van der Waals surface area contributed by atoms with Gasteiger partial charge in [0, 0.05) is 12.1 Å². The summed E-state index contributed by atoms with van der Waals surface area (Å²) in [6.45, 7) is 2.55. The molecule has 0 saturated heterocycles. The van der Waals surface area contributed by atoms with Crippen LogP contribution < -0.4 is 9.64 Å². The van der Waals surface area contributed by atoms with E-state index >= 15 is 0 Å². The molecule has 1 heterocycles. The van der Waals surface area contributed by atoms with Crippen LogP contribution in [0.5, 0.6) is 5.75 Å². The summed E-state index contributed by atoms with van der Waals surface area (Å²) in [5.41, 5.74) is 2.66. The minimum atomic E-state index is -0.816. The summed E-state index contributed by atoms with van der Waals surface area (Å²) < 4.78 is 5.78. The first-order chi connectivity index (χ1) is 17.0. The summed E-state index contributed by atoms with van der Waals surface area (Å²) in [5, 5.41) is 20.0. The second kappa shape index (κ2) is 10.7. The maximum absolute atomic E-state index is 13.4. The zero-order valence-corrected chi connectivity index (χ0v) is 19.5. The number of rotatable bonds is 9. The maximum atomic E-state index is 13.4. The van der Waals surface area contributed by atoms with E-state index in [1.807, 2.05) is 55.5 Å².